The van der Waals surface area contributed by atoms with E-state index in [9.17, 15) is 0 Å². The number of hydrogen-bond acceptors (Lipinski definition) is 5. The first kappa shape index (κ1) is 20.0. The van der Waals surface area contributed by atoms with Gasteiger partial charge in [-0.25, -0.2) is 9.99 Å². The van der Waals surface area contributed by atoms with E-state index in [1.165, 1.54) is 4.88 Å². The molecule has 0 saturated heterocycles. The molecule has 1 atom stereocenters. The van der Waals surface area contributed by atoms with Gasteiger partial charge in [-0.15, -0.1) is 22.7 Å². The molecule has 8 heteroatoms. The number of aromatic nitrogens is 1. The lowest BCUT2D eigenvalue weighted by Crippen LogP contribution is -2.18. The van der Waals surface area contributed by atoms with Crippen LogP contribution < -0.4 is 5.01 Å². The van der Waals surface area contributed by atoms with Crippen LogP contribution in [0.3, 0.4) is 0 Å². The van der Waals surface area contributed by atoms with Gasteiger partial charge in [0, 0.05) is 22.4 Å². The maximum atomic E-state index is 6.19. The van der Waals surface area contributed by atoms with Crippen LogP contribution in [0.25, 0.3) is 11.3 Å². The largest absolute Gasteiger partial charge is 0.231 e. The fourth-order valence-corrected chi connectivity index (χ4v) is 5.36. The first-order valence-corrected chi connectivity index (χ1v) is 12.0. The number of thiazole rings is 1. The number of anilines is 1. The highest BCUT2D eigenvalue weighted by Gasteiger charge is 2.32. The summed E-state index contributed by atoms with van der Waals surface area (Å²) in [5.41, 5.74) is 4.00. The number of halogens is 3. The lowest BCUT2D eigenvalue weighted by Gasteiger charge is -2.21. The molecule has 0 aliphatic carbocycles. The van der Waals surface area contributed by atoms with Gasteiger partial charge in [-0.05, 0) is 41.3 Å². The van der Waals surface area contributed by atoms with Crippen molar-refractivity contribution >= 4 is 68.3 Å². The summed E-state index contributed by atoms with van der Waals surface area (Å²) >= 11 is 21.6. The second-order valence-corrected chi connectivity index (χ2v) is 9.82. The second kappa shape index (κ2) is 8.33. The molecule has 4 aromatic rings. The first-order chi connectivity index (χ1) is 14.6. The van der Waals surface area contributed by atoms with Gasteiger partial charge in [-0.1, -0.05) is 59.1 Å². The van der Waals surface area contributed by atoms with Crippen LogP contribution in [0.4, 0.5) is 5.13 Å². The van der Waals surface area contributed by atoms with Gasteiger partial charge in [0.25, 0.3) is 0 Å². The fourth-order valence-electron chi connectivity index (χ4n) is 3.38. The van der Waals surface area contributed by atoms with Crippen LogP contribution in [0, 0.1) is 0 Å². The van der Waals surface area contributed by atoms with Gasteiger partial charge in [0.1, 0.15) is 0 Å². The Morgan fingerprint density at radius 1 is 0.933 bits per heavy atom. The van der Waals surface area contributed by atoms with Crippen molar-refractivity contribution in [3.8, 4) is 11.3 Å². The van der Waals surface area contributed by atoms with Crippen molar-refractivity contribution in [2.45, 2.75) is 12.5 Å². The van der Waals surface area contributed by atoms with Crippen LogP contribution in [0.15, 0.2) is 70.5 Å². The average molecular weight is 491 g/mol. The molecule has 3 heterocycles. The normalized spacial score (nSPS) is 16.2. The summed E-state index contributed by atoms with van der Waals surface area (Å²) in [7, 11) is 0. The van der Waals surface area contributed by atoms with Crippen molar-refractivity contribution in [3.05, 3.63) is 90.9 Å². The number of hydrazone groups is 1. The van der Waals surface area contributed by atoms with Crippen molar-refractivity contribution < 1.29 is 0 Å². The molecule has 0 unspecified atom stereocenters. The molecule has 0 spiro atoms. The SMILES string of the molecule is Clc1ccc([C@@H]2CC(c3cccs3)=NN2c2nc(-c3ccc(Cl)c(Cl)c3)cs2)cc1. The summed E-state index contributed by atoms with van der Waals surface area (Å²) in [5, 5.41) is 13.7. The van der Waals surface area contributed by atoms with Crippen LogP contribution in [0.2, 0.25) is 15.1 Å². The fraction of sp³-hybridized carbons (Fsp3) is 0.0909. The smallest absolute Gasteiger partial charge is 0.207 e. The van der Waals surface area contributed by atoms with Gasteiger partial charge in [0.2, 0.25) is 5.13 Å². The Kier molecular flexibility index (Phi) is 5.56. The van der Waals surface area contributed by atoms with Crippen molar-refractivity contribution in [3.63, 3.8) is 0 Å². The van der Waals surface area contributed by atoms with Crippen LogP contribution in [-0.2, 0) is 0 Å². The molecule has 1 aliphatic heterocycles. The molecular weight excluding hydrogens is 477 g/mol. The third-order valence-corrected chi connectivity index (χ3v) is 7.61. The third kappa shape index (κ3) is 3.88. The minimum Gasteiger partial charge on any atom is -0.231 e. The first-order valence-electron chi connectivity index (χ1n) is 9.15. The summed E-state index contributed by atoms with van der Waals surface area (Å²) in [6, 6.07) is 17.7. The standard InChI is InChI=1S/C22H14Cl3N3S2/c23-15-6-3-13(4-7-15)20-11-18(21-2-1-9-29-21)27-28(20)22-26-19(12-30-22)14-5-8-16(24)17(25)10-14/h1-10,12,20H,11H2/t20-/m0/s1. The number of thiophene rings is 1. The summed E-state index contributed by atoms with van der Waals surface area (Å²) in [4.78, 5) is 6.03. The molecule has 0 N–H and O–H groups in total. The number of hydrogen-bond donors (Lipinski definition) is 0. The molecule has 0 amide bonds. The van der Waals surface area contributed by atoms with Crippen molar-refractivity contribution in [2.75, 3.05) is 5.01 Å². The number of rotatable bonds is 4. The molecule has 30 heavy (non-hydrogen) atoms. The molecule has 0 saturated carbocycles. The van der Waals surface area contributed by atoms with E-state index >= 15 is 0 Å². The van der Waals surface area contributed by atoms with Gasteiger partial charge < -0.3 is 0 Å². The van der Waals surface area contributed by atoms with Crippen molar-refractivity contribution in [2.24, 2.45) is 5.10 Å². The van der Waals surface area contributed by atoms with E-state index in [2.05, 4.69) is 23.6 Å². The Bertz CT molecular complexity index is 1220. The Balaban J connectivity index is 1.53. The highest BCUT2D eigenvalue weighted by atomic mass is 35.5. The van der Waals surface area contributed by atoms with Crippen LogP contribution in [0.1, 0.15) is 22.9 Å². The molecule has 2 aromatic carbocycles. The molecule has 5 rings (SSSR count). The van der Waals surface area contributed by atoms with E-state index in [1.54, 1.807) is 28.7 Å². The van der Waals surface area contributed by atoms with Crippen molar-refractivity contribution in [1.29, 1.82) is 0 Å². The van der Waals surface area contributed by atoms with Gasteiger partial charge in [0.05, 0.1) is 32.4 Å². The number of nitrogens with zero attached hydrogens (tertiary/aromatic N) is 3. The highest BCUT2D eigenvalue weighted by Crippen LogP contribution is 2.40. The molecular formula is C22H14Cl3N3S2. The summed E-state index contributed by atoms with van der Waals surface area (Å²) in [6.07, 6.45) is 0.809. The van der Waals surface area contributed by atoms with E-state index in [4.69, 9.17) is 44.9 Å². The third-order valence-electron chi connectivity index (χ3n) is 4.87. The molecule has 3 nitrogen and oxygen atoms in total. The lowest BCUT2D eigenvalue weighted by atomic mass is 10.0. The van der Waals surface area contributed by atoms with Gasteiger partial charge in [-0.2, -0.15) is 5.10 Å². The molecule has 0 fully saturated rings. The Morgan fingerprint density at radius 3 is 2.50 bits per heavy atom. The zero-order valence-corrected chi connectivity index (χ0v) is 19.3. The quantitative estimate of drug-likeness (QED) is 0.288. The number of benzene rings is 2. The Hall–Kier alpha value is -1.89. The van der Waals surface area contributed by atoms with Gasteiger partial charge >= 0.3 is 0 Å². The van der Waals surface area contributed by atoms with E-state index in [0.29, 0.717) is 10.0 Å². The highest BCUT2D eigenvalue weighted by molar-refractivity contribution is 7.14. The summed E-state index contributed by atoms with van der Waals surface area (Å²) < 4.78 is 0. The van der Waals surface area contributed by atoms with Crippen LogP contribution >= 0.6 is 57.5 Å². The monoisotopic (exact) mass is 489 g/mol. The van der Waals surface area contributed by atoms with Crippen LogP contribution in [-0.4, -0.2) is 10.7 Å². The van der Waals surface area contributed by atoms with E-state index in [-0.39, 0.29) is 6.04 Å². The van der Waals surface area contributed by atoms with E-state index in [1.807, 2.05) is 40.7 Å². The molecule has 0 radical (unpaired) electrons. The molecule has 2 aromatic heterocycles. The van der Waals surface area contributed by atoms with Gasteiger partial charge in [0.15, 0.2) is 0 Å². The summed E-state index contributed by atoms with van der Waals surface area (Å²) in [6.45, 7) is 0. The van der Waals surface area contributed by atoms with Gasteiger partial charge in [-0.3, -0.25) is 0 Å². The van der Waals surface area contributed by atoms with E-state index in [0.717, 1.165) is 39.1 Å². The average Bonchev–Trinajstić information content (AvgIpc) is 3.50. The maximum absolute atomic E-state index is 6.19. The van der Waals surface area contributed by atoms with Crippen molar-refractivity contribution in [1.82, 2.24) is 4.98 Å². The topological polar surface area (TPSA) is 28.5 Å². The van der Waals surface area contributed by atoms with E-state index < -0.39 is 0 Å². The minimum absolute atomic E-state index is 0.0622. The molecule has 0 bridgehead atoms. The maximum Gasteiger partial charge on any atom is 0.207 e. The molecule has 1 aliphatic rings. The van der Waals surface area contributed by atoms with Crippen LogP contribution in [0.5, 0.6) is 0 Å². The molecule has 150 valence electrons. The Morgan fingerprint density at radius 2 is 1.77 bits per heavy atom. The predicted octanol–water partition coefficient (Wildman–Crippen LogP) is 8.19. The zero-order valence-electron chi connectivity index (χ0n) is 15.4. The second-order valence-electron chi connectivity index (χ2n) is 6.78. The minimum atomic E-state index is 0.0622. The lowest BCUT2D eigenvalue weighted by molar-refractivity contribution is 0.706. The Labute approximate surface area is 197 Å². The zero-order chi connectivity index (χ0) is 20.7. The summed E-state index contributed by atoms with van der Waals surface area (Å²) in [5.74, 6) is 0. The predicted molar refractivity (Wildman–Crippen MR) is 130 cm³/mol.